The third-order valence-electron chi connectivity index (χ3n) is 2.07. The smallest absolute Gasteiger partial charge is 0.269 e. The van der Waals surface area contributed by atoms with Crippen molar-refractivity contribution in [1.29, 1.82) is 5.26 Å². The van der Waals surface area contributed by atoms with Crippen molar-refractivity contribution in [2.45, 2.75) is 6.92 Å². The first-order valence-electron chi connectivity index (χ1n) is 4.80. The fourth-order valence-electron chi connectivity index (χ4n) is 1.23. The molecule has 0 aliphatic carbocycles. The molecule has 6 heteroatoms. The Bertz CT molecular complexity index is 580. The number of rotatable bonds is 3. The van der Waals surface area contributed by atoms with Crippen molar-refractivity contribution in [3.05, 3.63) is 35.5 Å². The van der Waals surface area contributed by atoms with Gasteiger partial charge in [-0.25, -0.2) is 0 Å². The van der Waals surface area contributed by atoms with E-state index >= 15 is 0 Å². The molecule has 2 aromatic rings. The zero-order valence-corrected chi connectivity index (χ0v) is 8.97. The van der Waals surface area contributed by atoms with E-state index in [0.717, 1.165) is 0 Å². The number of aromatic nitrogens is 3. The van der Waals surface area contributed by atoms with E-state index in [-0.39, 0.29) is 17.4 Å². The molecule has 0 radical (unpaired) electrons. The normalized spacial score (nSPS) is 9.65. The third kappa shape index (κ3) is 2.29. The molecule has 1 heterocycles. The standard InChI is InChI=1S/C11H8N4O2/c1-7(16)10-11(14-15-13-10)17-9-4-2-8(6-12)3-5-9/h2-5H,1H3,(H,13,14,15). The van der Waals surface area contributed by atoms with Crippen molar-refractivity contribution in [1.82, 2.24) is 15.4 Å². The Hall–Kier alpha value is -2.68. The molecule has 2 rings (SSSR count). The summed E-state index contributed by atoms with van der Waals surface area (Å²) in [5, 5.41) is 18.3. The van der Waals surface area contributed by atoms with Gasteiger partial charge in [-0.3, -0.25) is 9.89 Å². The monoisotopic (exact) mass is 228 g/mol. The summed E-state index contributed by atoms with van der Waals surface area (Å²) in [6, 6.07) is 8.47. The van der Waals surface area contributed by atoms with E-state index in [9.17, 15) is 4.79 Å². The predicted octanol–water partition coefficient (Wildman–Crippen LogP) is 1.67. The van der Waals surface area contributed by atoms with Gasteiger partial charge in [0.25, 0.3) is 5.88 Å². The molecule has 0 unspecified atom stereocenters. The summed E-state index contributed by atoms with van der Waals surface area (Å²) in [7, 11) is 0. The Morgan fingerprint density at radius 3 is 2.71 bits per heavy atom. The summed E-state index contributed by atoms with van der Waals surface area (Å²) in [5.41, 5.74) is 0.749. The van der Waals surface area contributed by atoms with Gasteiger partial charge in [-0.15, -0.1) is 0 Å². The maximum absolute atomic E-state index is 11.2. The Kier molecular flexibility index (Phi) is 2.83. The molecule has 0 atom stereocenters. The largest absolute Gasteiger partial charge is 0.436 e. The van der Waals surface area contributed by atoms with Crippen LogP contribution in [0.4, 0.5) is 0 Å². The molecular formula is C11H8N4O2. The second-order valence-corrected chi connectivity index (χ2v) is 3.29. The average molecular weight is 228 g/mol. The molecule has 1 aromatic heterocycles. The number of benzene rings is 1. The van der Waals surface area contributed by atoms with E-state index in [1.54, 1.807) is 24.3 Å². The lowest BCUT2D eigenvalue weighted by atomic mass is 10.2. The first-order chi connectivity index (χ1) is 8.20. The van der Waals surface area contributed by atoms with Crippen molar-refractivity contribution in [3.63, 3.8) is 0 Å². The summed E-state index contributed by atoms with van der Waals surface area (Å²) in [5.74, 6) is 0.404. The molecule has 0 bridgehead atoms. The number of nitrogens with one attached hydrogen (secondary N) is 1. The van der Waals surface area contributed by atoms with Gasteiger partial charge in [-0.2, -0.15) is 5.26 Å². The maximum atomic E-state index is 11.2. The molecule has 1 aromatic carbocycles. The lowest BCUT2D eigenvalue weighted by Gasteiger charge is -2.02. The highest BCUT2D eigenvalue weighted by Gasteiger charge is 2.13. The van der Waals surface area contributed by atoms with Crippen molar-refractivity contribution in [2.24, 2.45) is 0 Å². The number of nitriles is 1. The molecule has 17 heavy (non-hydrogen) atoms. The Balaban J connectivity index is 2.23. The number of hydrogen-bond acceptors (Lipinski definition) is 5. The van der Waals surface area contributed by atoms with Crippen LogP contribution in [0.2, 0.25) is 0 Å². The summed E-state index contributed by atoms with van der Waals surface area (Å²) in [4.78, 5) is 11.2. The number of nitrogens with zero attached hydrogens (tertiary/aromatic N) is 3. The second-order valence-electron chi connectivity index (χ2n) is 3.29. The minimum absolute atomic E-state index is 0.127. The van der Waals surface area contributed by atoms with Gasteiger partial charge < -0.3 is 4.74 Å². The van der Waals surface area contributed by atoms with Gasteiger partial charge in [-0.1, -0.05) is 10.3 Å². The Labute approximate surface area is 96.8 Å². The summed E-state index contributed by atoms with van der Waals surface area (Å²) >= 11 is 0. The highest BCUT2D eigenvalue weighted by molar-refractivity contribution is 5.94. The zero-order valence-electron chi connectivity index (χ0n) is 8.97. The van der Waals surface area contributed by atoms with E-state index in [2.05, 4.69) is 15.4 Å². The number of carbonyl (C=O) groups excluding carboxylic acids is 1. The van der Waals surface area contributed by atoms with Crippen molar-refractivity contribution < 1.29 is 9.53 Å². The lowest BCUT2D eigenvalue weighted by molar-refractivity contribution is 0.101. The van der Waals surface area contributed by atoms with Gasteiger partial charge in [0, 0.05) is 6.92 Å². The summed E-state index contributed by atoms with van der Waals surface area (Å²) < 4.78 is 5.38. The van der Waals surface area contributed by atoms with Crippen molar-refractivity contribution in [2.75, 3.05) is 0 Å². The lowest BCUT2D eigenvalue weighted by Crippen LogP contribution is -1.96. The Morgan fingerprint density at radius 2 is 2.12 bits per heavy atom. The van der Waals surface area contributed by atoms with Gasteiger partial charge in [0.2, 0.25) is 0 Å². The van der Waals surface area contributed by atoms with Crippen molar-refractivity contribution in [3.8, 4) is 17.7 Å². The van der Waals surface area contributed by atoms with Crippen molar-refractivity contribution >= 4 is 5.78 Å². The van der Waals surface area contributed by atoms with Crippen LogP contribution < -0.4 is 4.74 Å². The minimum Gasteiger partial charge on any atom is -0.436 e. The number of carbonyl (C=O) groups is 1. The molecule has 0 saturated carbocycles. The maximum Gasteiger partial charge on any atom is 0.269 e. The molecule has 6 nitrogen and oxygen atoms in total. The predicted molar refractivity (Wildman–Crippen MR) is 57.6 cm³/mol. The van der Waals surface area contributed by atoms with Gasteiger partial charge in [0.1, 0.15) is 5.75 Å². The Morgan fingerprint density at radius 1 is 1.41 bits per heavy atom. The van der Waals surface area contributed by atoms with Crippen LogP contribution in [-0.4, -0.2) is 21.2 Å². The molecular weight excluding hydrogens is 220 g/mol. The quantitative estimate of drug-likeness (QED) is 0.806. The minimum atomic E-state index is -0.210. The second kappa shape index (κ2) is 4.45. The van der Waals surface area contributed by atoms with Crippen LogP contribution in [0, 0.1) is 11.3 Å². The number of ether oxygens (including phenoxy) is 1. The molecule has 0 fully saturated rings. The molecule has 0 aliphatic heterocycles. The highest BCUT2D eigenvalue weighted by atomic mass is 16.5. The summed E-state index contributed by atoms with van der Waals surface area (Å²) in [6.07, 6.45) is 0. The van der Waals surface area contributed by atoms with E-state index in [1.807, 2.05) is 6.07 Å². The van der Waals surface area contributed by atoms with E-state index in [0.29, 0.717) is 11.3 Å². The molecule has 84 valence electrons. The fourth-order valence-corrected chi connectivity index (χ4v) is 1.23. The van der Waals surface area contributed by atoms with Crippen LogP contribution in [0.15, 0.2) is 24.3 Å². The molecule has 0 amide bonds. The highest BCUT2D eigenvalue weighted by Crippen LogP contribution is 2.21. The number of aromatic amines is 1. The molecule has 0 spiro atoms. The molecule has 0 aliphatic rings. The first kappa shape index (κ1) is 10.8. The fraction of sp³-hybridized carbons (Fsp3) is 0.0909. The van der Waals surface area contributed by atoms with Gasteiger partial charge in [0.05, 0.1) is 11.6 Å². The topological polar surface area (TPSA) is 91.7 Å². The van der Waals surface area contributed by atoms with Crippen LogP contribution in [0.3, 0.4) is 0 Å². The number of H-pyrrole nitrogens is 1. The van der Waals surface area contributed by atoms with Gasteiger partial charge in [-0.05, 0) is 24.3 Å². The van der Waals surface area contributed by atoms with Crippen LogP contribution in [0.1, 0.15) is 23.0 Å². The third-order valence-corrected chi connectivity index (χ3v) is 2.07. The number of hydrogen-bond donors (Lipinski definition) is 1. The number of Topliss-reactive ketones (excluding diaryl/α,β-unsaturated/α-hetero) is 1. The number of ketones is 1. The van der Waals surface area contributed by atoms with E-state index in [4.69, 9.17) is 10.00 Å². The first-order valence-corrected chi connectivity index (χ1v) is 4.80. The van der Waals surface area contributed by atoms with Gasteiger partial charge >= 0.3 is 0 Å². The van der Waals surface area contributed by atoms with Crippen LogP contribution in [0.5, 0.6) is 11.6 Å². The average Bonchev–Trinajstić information content (AvgIpc) is 2.78. The SMILES string of the molecule is CC(=O)c1[nH]nnc1Oc1ccc(C#N)cc1. The van der Waals surface area contributed by atoms with Gasteiger partial charge in [0.15, 0.2) is 11.5 Å². The van der Waals surface area contributed by atoms with E-state index in [1.165, 1.54) is 6.92 Å². The summed E-state index contributed by atoms with van der Waals surface area (Å²) in [6.45, 7) is 1.39. The van der Waals surface area contributed by atoms with Crippen LogP contribution in [0.25, 0.3) is 0 Å². The zero-order chi connectivity index (χ0) is 12.3. The molecule has 0 saturated heterocycles. The van der Waals surface area contributed by atoms with E-state index < -0.39 is 0 Å². The van der Waals surface area contributed by atoms with Crippen LogP contribution in [-0.2, 0) is 0 Å². The van der Waals surface area contributed by atoms with Crippen LogP contribution >= 0.6 is 0 Å². The molecule has 1 N–H and O–H groups in total.